The maximum Gasteiger partial charge on any atom is 0.0178 e. The summed E-state index contributed by atoms with van der Waals surface area (Å²) in [6, 6.07) is 0. The van der Waals surface area contributed by atoms with Crippen LogP contribution in [-0.2, 0) is 0 Å². The van der Waals surface area contributed by atoms with Crippen molar-refractivity contribution < 1.29 is 0 Å². The van der Waals surface area contributed by atoms with Crippen LogP contribution >= 0.6 is 0 Å². The predicted octanol–water partition coefficient (Wildman–Crippen LogP) is 2.06. The van der Waals surface area contributed by atoms with Crippen LogP contribution in [0.4, 0.5) is 0 Å². The predicted molar refractivity (Wildman–Crippen MR) is 79.4 cm³/mol. The van der Waals surface area contributed by atoms with Gasteiger partial charge in [-0.2, -0.15) is 0 Å². The number of rotatable bonds is 6. The minimum atomic E-state index is 0.296. The zero-order chi connectivity index (χ0) is 13.8. The summed E-state index contributed by atoms with van der Waals surface area (Å²) < 4.78 is 0. The van der Waals surface area contributed by atoms with E-state index >= 15 is 0 Å². The fraction of sp³-hybridized carbons (Fsp3) is 1.00. The topological polar surface area (TPSA) is 55.3 Å². The van der Waals surface area contributed by atoms with Gasteiger partial charge < -0.3 is 16.4 Å². The highest BCUT2D eigenvalue weighted by atomic mass is 15.2. The molecule has 18 heavy (non-hydrogen) atoms. The molecule has 1 heterocycles. The minimum absolute atomic E-state index is 0.296. The van der Waals surface area contributed by atoms with E-state index in [1.807, 2.05) is 0 Å². The van der Waals surface area contributed by atoms with Crippen LogP contribution in [0.5, 0.6) is 0 Å². The summed E-state index contributed by atoms with van der Waals surface area (Å²) in [6.07, 6.45) is 4.92. The maximum absolute atomic E-state index is 6.03. The molecule has 0 aromatic heterocycles. The van der Waals surface area contributed by atoms with Gasteiger partial charge in [0, 0.05) is 5.54 Å². The molecule has 0 radical (unpaired) electrons. The van der Waals surface area contributed by atoms with Crippen molar-refractivity contribution in [1.82, 2.24) is 4.90 Å². The van der Waals surface area contributed by atoms with E-state index in [2.05, 4.69) is 32.7 Å². The lowest BCUT2D eigenvalue weighted by molar-refractivity contribution is -0.00941. The highest BCUT2D eigenvalue weighted by molar-refractivity contribution is 4.95. The molecule has 3 heteroatoms. The first kappa shape index (κ1) is 15.9. The molecule has 4 N–H and O–H groups in total. The Morgan fingerprint density at radius 1 is 1.28 bits per heavy atom. The molecule has 1 rings (SSSR count). The summed E-state index contributed by atoms with van der Waals surface area (Å²) in [7, 11) is 2.25. The quantitative estimate of drug-likeness (QED) is 0.714. The van der Waals surface area contributed by atoms with Crippen molar-refractivity contribution in [2.45, 2.75) is 52.0 Å². The van der Waals surface area contributed by atoms with Crippen molar-refractivity contribution in [3.05, 3.63) is 0 Å². The monoisotopic (exact) mass is 255 g/mol. The molecule has 3 unspecified atom stereocenters. The molecule has 0 aliphatic carbocycles. The Morgan fingerprint density at radius 2 is 1.94 bits per heavy atom. The molecular formula is C15H33N3. The van der Waals surface area contributed by atoms with Crippen molar-refractivity contribution in [3.8, 4) is 0 Å². The number of unbranched alkanes of at least 4 members (excludes halogenated alkanes) is 1. The first-order chi connectivity index (χ1) is 8.45. The zero-order valence-electron chi connectivity index (χ0n) is 12.8. The molecule has 108 valence electrons. The van der Waals surface area contributed by atoms with E-state index in [4.69, 9.17) is 11.5 Å². The molecule has 0 spiro atoms. The van der Waals surface area contributed by atoms with Gasteiger partial charge in [0.15, 0.2) is 0 Å². The molecule has 0 amide bonds. The number of nitrogens with two attached hydrogens (primary N) is 2. The van der Waals surface area contributed by atoms with Crippen LogP contribution < -0.4 is 11.5 Å². The average molecular weight is 255 g/mol. The standard InChI is InChI=1S/C15H33N3/c1-12-14(8-10-18(4)15(12,2)3)13(11-17)7-5-6-9-16/h12-14H,5-11,16-17H2,1-4H3. The highest BCUT2D eigenvalue weighted by Crippen LogP contribution is 2.40. The molecule has 0 aromatic carbocycles. The molecule has 1 saturated heterocycles. The third kappa shape index (κ3) is 3.46. The molecule has 1 aliphatic heterocycles. The lowest BCUT2D eigenvalue weighted by Crippen LogP contribution is -2.55. The van der Waals surface area contributed by atoms with Gasteiger partial charge in [-0.25, -0.2) is 0 Å². The Kier molecular flexibility index (Phi) is 6.09. The summed E-state index contributed by atoms with van der Waals surface area (Å²) >= 11 is 0. The SMILES string of the molecule is CC1C(C(CN)CCCCN)CCN(C)C1(C)C. The zero-order valence-corrected chi connectivity index (χ0v) is 12.8. The third-order valence-electron chi connectivity index (χ3n) is 5.48. The van der Waals surface area contributed by atoms with Crippen LogP contribution in [0.3, 0.4) is 0 Å². The van der Waals surface area contributed by atoms with Crippen molar-refractivity contribution in [1.29, 1.82) is 0 Å². The molecule has 0 saturated carbocycles. The smallest absolute Gasteiger partial charge is 0.0178 e. The van der Waals surface area contributed by atoms with E-state index in [0.29, 0.717) is 17.4 Å². The molecule has 1 aliphatic rings. The maximum atomic E-state index is 6.03. The Hall–Kier alpha value is -0.120. The van der Waals surface area contributed by atoms with Gasteiger partial charge in [0.25, 0.3) is 0 Å². The van der Waals surface area contributed by atoms with E-state index in [9.17, 15) is 0 Å². The highest BCUT2D eigenvalue weighted by Gasteiger charge is 2.41. The Morgan fingerprint density at radius 3 is 2.50 bits per heavy atom. The number of nitrogens with zero attached hydrogens (tertiary/aromatic N) is 1. The van der Waals surface area contributed by atoms with Gasteiger partial charge in [-0.1, -0.05) is 13.3 Å². The van der Waals surface area contributed by atoms with Gasteiger partial charge in [-0.15, -0.1) is 0 Å². The van der Waals surface area contributed by atoms with Crippen molar-refractivity contribution in [2.75, 3.05) is 26.7 Å². The Balaban J connectivity index is 2.62. The molecule has 0 bridgehead atoms. The summed E-state index contributed by atoms with van der Waals surface area (Å²) in [6.45, 7) is 10.0. The number of hydrogen-bond donors (Lipinski definition) is 2. The first-order valence-corrected chi connectivity index (χ1v) is 7.56. The first-order valence-electron chi connectivity index (χ1n) is 7.56. The number of piperidine rings is 1. The summed E-state index contributed by atoms with van der Waals surface area (Å²) in [5.41, 5.74) is 11.9. The van der Waals surface area contributed by atoms with Crippen LogP contribution in [0.1, 0.15) is 46.5 Å². The second-order valence-electron chi connectivity index (χ2n) is 6.60. The fourth-order valence-electron chi connectivity index (χ4n) is 3.45. The van der Waals surface area contributed by atoms with Crippen LogP contribution in [0, 0.1) is 17.8 Å². The van der Waals surface area contributed by atoms with Crippen LogP contribution in [0.25, 0.3) is 0 Å². The van der Waals surface area contributed by atoms with E-state index in [0.717, 1.165) is 25.4 Å². The van der Waals surface area contributed by atoms with Crippen LogP contribution in [0.15, 0.2) is 0 Å². The van der Waals surface area contributed by atoms with E-state index in [1.165, 1.54) is 25.8 Å². The summed E-state index contributed by atoms with van der Waals surface area (Å²) in [4.78, 5) is 2.50. The molecule has 3 atom stereocenters. The fourth-order valence-corrected chi connectivity index (χ4v) is 3.45. The average Bonchev–Trinajstić information content (AvgIpc) is 2.34. The second-order valence-corrected chi connectivity index (χ2v) is 6.60. The number of hydrogen-bond acceptors (Lipinski definition) is 3. The molecular weight excluding hydrogens is 222 g/mol. The Bertz CT molecular complexity index is 240. The van der Waals surface area contributed by atoms with E-state index in [1.54, 1.807) is 0 Å². The van der Waals surface area contributed by atoms with Crippen LogP contribution in [-0.4, -0.2) is 37.1 Å². The lowest BCUT2D eigenvalue weighted by atomic mass is 9.67. The van der Waals surface area contributed by atoms with Crippen molar-refractivity contribution in [2.24, 2.45) is 29.2 Å². The van der Waals surface area contributed by atoms with Crippen molar-refractivity contribution >= 4 is 0 Å². The Labute approximate surface area is 113 Å². The van der Waals surface area contributed by atoms with Gasteiger partial charge in [0.05, 0.1) is 0 Å². The third-order valence-corrected chi connectivity index (χ3v) is 5.48. The van der Waals surface area contributed by atoms with Gasteiger partial charge in [-0.05, 0) is 77.5 Å². The van der Waals surface area contributed by atoms with Crippen molar-refractivity contribution in [3.63, 3.8) is 0 Å². The molecule has 0 aromatic rings. The van der Waals surface area contributed by atoms with Gasteiger partial charge >= 0.3 is 0 Å². The van der Waals surface area contributed by atoms with Gasteiger partial charge in [-0.3, -0.25) is 0 Å². The molecule has 3 nitrogen and oxygen atoms in total. The normalized spacial score (nSPS) is 30.3. The van der Waals surface area contributed by atoms with Gasteiger partial charge in [0.1, 0.15) is 0 Å². The van der Waals surface area contributed by atoms with Gasteiger partial charge in [0.2, 0.25) is 0 Å². The number of likely N-dealkylation sites (tertiary alicyclic amines) is 1. The summed E-state index contributed by atoms with van der Waals surface area (Å²) in [5, 5.41) is 0. The minimum Gasteiger partial charge on any atom is -0.330 e. The van der Waals surface area contributed by atoms with Crippen LogP contribution in [0.2, 0.25) is 0 Å². The van der Waals surface area contributed by atoms with E-state index < -0.39 is 0 Å². The largest absolute Gasteiger partial charge is 0.330 e. The second kappa shape index (κ2) is 6.88. The lowest BCUT2D eigenvalue weighted by Gasteiger charge is -2.51. The molecule has 1 fully saturated rings. The van der Waals surface area contributed by atoms with E-state index in [-0.39, 0.29) is 0 Å². The summed E-state index contributed by atoms with van der Waals surface area (Å²) in [5.74, 6) is 2.17.